The topological polar surface area (TPSA) is 314 Å². The predicted octanol–water partition coefficient (Wildman–Crippen LogP) is 4.52. The highest BCUT2D eigenvalue weighted by Gasteiger charge is 2.26. The highest BCUT2D eigenvalue weighted by molar-refractivity contribution is 5.82. The largest absolute Gasteiger partial charge is 0.496 e. The van der Waals surface area contributed by atoms with Crippen molar-refractivity contribution in [2.75, 3.05) is 346 Å². The van der Waals surface area contributed by atoms with Gasteiger partial charge in [0, 0.05) is 13.5 Å². The lowest BCUT2D eigenvalue weighted by molar-refractivity contribution is -0.143. The van der Waals surface area contributed by atoms with Crippen molar-refractivity contribution >= 4 is 12.1 Å². The maximum absolute atomic E-state index is 12.5. The van der Waals surface area contributed by atoms with Crippen LogP contribution in [0, 0.1) is 0 Å². The molecular formula is C73H129NO31. The van der Waals surface area contributed by atoms with Crippen molar-refractivity contribution in [1.82, 2.24) is 5.32 Å². The molecule has 0 heterocycles. The molecule has 0 aliphatic heterocycles. The van der Waals surface area contributed by atoms with Gasteiger partial charge in [-0.2, -0.15) is 0 Å². The third kappa shape index (κ3) is 62.3. The summed E-state index contributed by atoms with van der Waals surface area (Å²) in [5, 5.41) is 2.61. The van der Waals surface area contributed by atoms with Crippen LogP contribution in [0.15, 0.2) is 36.4 Å². The molecule has 0 fully saturated rings. The number of amides is 1. The minimum atomic E-state index is -0.930. The normalized spacial score (nSPS) is 12.0. The Hall–Kier alpha value is -4.22. The smallest absolute Gasteiger partial charge is 0.408 e. The van der Waals surface area contributed by atoms with Crippen molar-refractivity contribution in [3.05, 3.63) is 47.5 Å². The summed E-state index contributed by atoms with van der Waals surface area (Å²) in [6, 6.07) is 10.4. The standard InChI is InChI=1S/C73H129NO31/c1-73(2,3)105-72(76)74-67(71(75)80-7)60-64-8-10-66(11-9-64)70-68(78-5)61-65(62-69(70)79-6)63-104-59-58-103-57-56-102-55-54-101-53-52-100-51-50-99-49-48-98-47-46-97-45-44-96-43-42-95-41-40-94-39-38-93-37-36-92-35-34-91-33-32-90-31-30-89-29-28-88-27-26-87-25-24-86-23-22-85-21-20-84-19-18-83-17-16-82-15-14-81-13-12-77-4/h8-11,61-62,67H,12-60,63H2,1-7H3,(H,74,76)/t67-/m0/s1. The number of ether oxygens (including phenoxy) is 29. The molecule has 32 nitrogen and oxygen atoms in total. The Morgan fingerprint density at radius 3 is 0.724 bits per heavy atom. The molecule has 612 valence electrons. The van der Waals surface area contributed by atoms with E-state index in [0.717, 1.165) is 22.3 Å². The first-order valence-corrected chi connectivity index (χ1v) is 36.4. The van der Waals surface area contributed by atoms with Gasteiger partial charge in [-0.3, -0.25) is 0 Å². The van der Waals surface area contributed by atoms with Crippen LogP contribution >= 0.6 is 0 Å². The minimum absolute atomic E-state index is 0.202. The summed E-state index contributed by atoms with van der Waals surface area (Å²) in [6.07, 6.45) is -0.503. The van der Waals surface area contributed by atoms with Crippen molar-refractivity contribution in [3.8, 4) is 22.6 Å². The first kappa shape index (κ1) is 96.9. The average molecular weight is 1520 g/mol. The number of carbonyl (C=O) groups is 2. The second-order valence-electron chi connectivity index (χ2n) is 23.1. The van der Waals surface area contributed by atoms with E-state index in [2.05, 4.69) is 5.32 Å². The summed E-state index contributed by atoms with van der Waals surface area (Å²) >= 11 is 0. The molecule has 2 aromatic rings. The molecule has 0 aromatic heterocycles. The van der Waals surface area contributed by atoms with Gasteiger partial charge in [0.05, 0.1) is 351 Å². The zero-order valence-corrected chi connectivity index (χ0v) is 64.1. The molecule has 0 unspecified atom stereocenters. The molecule has 0 aliphatic carbocycles. The Bertz CT molecular complexity index is 2180. The van der Waals surface area contributed by atoms with Crippen LogP contribution in [-0.2, 0) is 146 Å². The fraction of sp³-hybridized carbons (Fsp3) is 0.808. The molecule has 0 aliphatic rings. The van der Waals surface area contributed by atoms with E-state index < -0.39 is 23.7 Å². The van der Waals surface area contributed by atoms with E-state index in [0.29, 0.717) is 335 Å². The van der Waals surface area contributed by atoms with Crippen molar-refractivity contribution < 1.29 is 147 Å². The fourth-order valence-electron chi connectivity index (χ4n) is 8.55. The summed E-state index contributed by atoms with van der Waals surface area (Å²) in [5.74, 6) is 0.631. The molecule has 0 saturated heterocycles. The molecule has 1 amide bonds. The maximum atomic E-state index is 12.5. The number of hydrogen-bond acceptors (Lipinski definition) is 31. The lowest BCUT2D eigenvalue weighted by atomic mass is 9.98. The molecular weight excluding hydrogens is 1390 g/mol. The molecule has 32 heteroatoms. The summed E-state index contributed by atoms with van der Waals surface area (Å²) < 4.78 is 160. The molecule has 105 heavy (non-hydrogen) atoms. The van der Waals surface area contributed by atoms with Crippen LogP contribution in [0.4, 0.5) is 4.79 Å². The van der Waals surface area contributed by atoms with Crippen molar-refractivity contribution in [1.29, 1.82) is 0 Å². The number of carbonyl (C=O) groups excluding carboxylic acids is 2. The highest BCUT2D eigenvalue weighted by atomic mass is 16.6. The minimum Gasteiger partial charge on any atom is -0.496 e. The van der Waals surface area contributed by atoms with E-state index in [1.165, 1.54) is 7.11 Å². The van der Waals surface area contributed by atoms with Crippen molar-refractivity contribution in [2.45, 2.75) is 45.4 Å². The Balaban J connectivity index is 1.20. The number of alkyl carbamates (subject to hydrolysis) is 1. The van der Waals surface area contributed by atoms with Crippen LogP contribution in [0.1, 0.15) is 31.9 Å². The number of rotatable bonds is 81. The number of esters is 1. The highest BCUT2D eigenvalue weighted by Crippen LogP contribution is 2.40. The summed E-state index contributed by atoms with van der Waals surface area (Å²) in [4.78, 5) is 24.9. The molecule has 0 radical (unpaired) electrons. The van der Waals surface area contributed by atoms with E-state index in [1.54, 1.807) is 42.1 Å². The van der Waals surface area contributed by atoms with Crippen LogP contribution in [0.5, 0.6) is 11.5 Å². The number of methoxy groups -OCH3 is 4. The number of nitrogens with one attached hydrogen (secondary N) is 1. The third-order valence-corrected chi connectivity index (χ3v) is 13.7. The maximum Gasteiger partial charge on any atom is 0.408 e. The van der Waals surface area contributed by atoms with Gasteiger partial charge in [-0.1, -0.05) is 24.3 Å². The lowest BCUT2D eigenvalue weighted by Gasteiger charge is -2.22. The summed E-state index contributed by atoms with van der Waals surface area (Å²) in [5.41, 5.74) is 2.54. The van der Waals surface area contributed by atoms with E-state index in [-0.39, 0.29) is 6.42 Å². The van der Waals surface area contributed by atoms with E-state index in [1.807, 2.05) is 36.4 Å². The van der Waals surface area contributed by atoms with E-state index in [4.69, 9.17) is 137 Å². The molecule has 0 bridgehead atoms. The van der Waals surface area contributed by atoms with Gasteiger partial charge >= 0.3 is 12.1 Å². The van der Waals surface area contributed by atoms with Crippen molar-refractivity contribution in [2.24, 2.45) is 0 Å². The van der Waals surface area contributed by atoms with Gasteiger partial charge in [0.15, 0.2) is 0 Å². The van der Waals surface area contributed by atoms with Gasteiger partial charge in [-0.05, 0) is 49.6 Å². The Morgan fingerprint density at radius 1 is 0.305 bits per heavy atom. The Morgan fingerprint density at radius 2 is 0.524 bits per heavy atom. The van der Waals surface area contributed by atoms with Crippen LogP contribution in [-0.4, -0.2) is 369 Å². The van der Waals surface area contributed by atoms with Gasteiger partial charge in [0.1, 0.15) is 23.1 Å². The van der Waals surface area contributed by atoms with Crippen LogP contribution in [0.25, 0.3) is 11.1 Å². The SMILES string of the molecule is COCCOCCOCCOCCOCCOCCOCCOCCOCCOCCOCCOCCOCCOCCOCCOCCOCCOCCOCCOCCOCCOCCOCCOCCOCc1cc(OC)c(-c2ccc(C[C@H](NC(=O)OC(C)(C)C)C(=O)OC)cc2)c(OC)c1. The number of benzene rings is 2. The molecule has 2 rings (SSSR count). The lowest BCUT2D eigenvalue weighted by Crippen LogP contribution is -2.45. The van der Waals surface area contributed by atoms with E-state index >= 15 is 0 Å². The van der Waals surface area contributed by atoms with Crippen molar-refractivity contribution in [3.63, 3.8) is 0 Å². The average Bonchev–Trinajstić information content (AvgIpc) is 0.800. The fourth-order valence-corrected chi connectivity index (χ4v) is 8.55. The molecule has 2 aromatic carbocycles. The molecule has 1 N–H and O–H groups in total. The molecule has 0 saturated carbocycles. The van der Waals surface area contributed by atoms with E-state index in [9.17, 15) is 9.59 Å². The first-order chi connectivity index (χ1) is 51.6. The van der Waals surface area contributed by atoms with Crippen LogP contribution in [0.3, 0.4) is 0 Å². The molecule has 0 spiro atoms. The quantitative estimate of drug-likeness (QED) is 0.0702. The van der Waals surface area contributed by atoms with Gasteiger partial charge in [0.25, 0.3) is 0 Å². The van der Waals surface area contributed by atoms with Crippen LogP contribution in [0.2, 0.25) is 0 Å². The molecule has 1 atom stereocenters. The van der Waals surface area contributed by atoms with Gasteiger partial charge in [0.2, 0.25) is 0 Å². The predicted molar refractivity (Wildman–Crippen MR) is 384 cm³/mol. The Kier molecular flexibility index (Phi) is 68.2. The van der Waals surface area contributed by atoms with Gasteiger partial charge in [-0.25, -0.2) is 9.59 Å². The van der Waals surface area contributed by atoms with Gasteiger partial charge < -0.3 is 143 Å². The Labute approximate surface area is 623 Å². The number of hydrogen-bond donors (Lipinski definition) is 1. The summed E-state index contributed by atoms with van der Waals surface area (Å²) in [6.45, 7) is 28.6. The second kappa shape index (κ2) is 73.9. The zero-order chi connectivity index (χ0) is 75.5. The zero-order valence-electron chi connectivity index (χ0n) is 64.1. The monoisotopic (exact) mass is 1520 g/mol. The van der Waals surface area contributed by atoms with Gasteiger partial charge in [-0.15, -0.1) is 0 Å². The third-order valence-electron chi connectivity index (χ3n) is 13.7. The summed E-state index contributed by atoms with van der Waals surface area (Å²) in [7, 11) is 6.10. The van der Waals surface area contributed by atoms with Crippen LogP contribution < -0.4 is 14.8 Å². The first-order valence-electron chi connectivity index (χ1n) is 36.4. The second-order valence-corrected chi connectivity index (χ2v) is 23.1.